The van der Waals surface area contributed by atoms with Gasteiger partial charge in [0.15, 0.2) is 0 Å². The molecular weight excluding hydrogens is 506 g/mol. The van der Waals surface area contributed by atoms with Crippen molar-refractivity contribution in [1.82, 2.24) is 9.47 Å². The van der Waals surface area contributed by atoms with Crippen LogP contribution in [0.4, 0.5) is 10.5 Å². The number of carbonyl (C=O) groups is 3. The average molecular weight is 530 g/mol. The van der Waals surface area contributed by atoms with Crippen LogP contribution in [0.2, 0.25) is 5.02 Å². The van der Waals surface area contributed by atoms with Crippen molar-refractivity contribution < 1.29 is 14.4 Å². The van der Waals surface area contributed by atoms with Crippen molar-refractivity contribution in [3.8, 4) is 0 Å². The van der Waals surface area contributed by atoms with Crippen molar-refractivity contribution in [2.45, 2.75) is 20.4 Å². The highest BCUT2D eigenvalue weighted by atomic mass is 35.5. The molecule has 8 heteroatoms. The minimum atomic E-state index is -0.477. The Morgan fingerprint density at radius 2 is 1.68 bits per heavy atom. The number of anilines is 1. The number of aromatic nitrogens is 1. The molecule has 0 radical (unpaired) electrons. The third-order valence-corrected chi connectivity index (χ3v) is 7.60. The number of hydrogen-bond acceptors (Lipinski definition) is 4. The van der Waals surface area contributed by atoms with Gasteiger partial charge in [0.25, 0.3) is 11.1 Å². The second-order valence-electron chi connectivity index (χ2n) is 8.90. The van der Waals surface area contributed by atoms with Gasteiger partial charge in [-0.1, -0.05) is 66.2 Å². The molecular formula is C29H24ClN3O3S. The lowest BCUT2D eigenvalue weighted by Gasteiger charge is -2.15. The number of hydrogen-bond donors (Lipinski definition) is 1. The minimum absolute atomic E-state index is 0.283. The van der Waals surface area contributed by atoms with E-state index in [2.05, 4.69) is 9.88 Å². The highest BCUT2D eigenvalue weighted by molar-refractivity contribution is 8.18. The number of amides is 3. The highest BCUT2D eigenvalue weighted by Gasteiger charge is 2.36. The number of thioether (sulfide) groups is 1. The molecule has 0 bridgehead atoms. The fraction of sp³-hybridized carbons (Fsp3) is 0.138. The molecule has 1 aliphatic heterocycles. The first kappa shape index (κ1) is 24.9. The van der Waals surface area contributed by atoms with Crippen LogP contribution in [0.5, 0.6) is 0 Å². The summed E-state index contributed by atoms with van der Waals surface area (Å²) in [6.45, 7) is 4.01. The first-order valence-corrected chi connectivity index (χ1v) is 12.9. The molecule has 1 aromatic heterocycles. The summed E-state index contributed by atoms with van der Waals surface area (Å²) >= 11 is 7.23. The molecule has 1 fully saturated rings. The van der Waals surface area contributed by atoms with Gasteiger partial charge in [-0.2, -0.15) is 0 Å². The number of fused-ring (bicyclic) bond motifs is 1. The summed E-state index contributed by atoms with van der Waals surface area (Å²) in [5.74, 6) is -0.896. The van der Waals surface area contributed by atoms with Gasteiger partial charge < -0.3 is 9.88 Å². The van der Waals surface area contributed by atoms with Crippen molar-refractivity contribution in [2.24, 2.45) is 0 Å². The number of benzene rings is 3. The molecule has 3 amide bonds. The molecule has 1 aliphatic rings. The SMILES string of the molecule is Cc1cccc(C)c1NC(=O)CN1C(=O)S/C(=C/c2cn(Cc3ccccc3Cl)c3ccccc23)C1=O. The van der Waals surface area contributed by atoms with E-state index in [1.807, 2.05) is 86.8 Å². The summed E-state index contributed by atoms with van der Waals surface area (Å²) in [6.07, 6.45) is 3.68. The molecule has 6 nitrogen and oxygen atoms in total. The molecule has 5 rings (SSSR count). The Labute approximate surface area is 223 Å². The number of imide groups is 1. The van der Waals surface area contributed by atoms with E-state index in [0.29, 0.717) is 17.3 Å². The largest absolute Gasteiger partial charge is 0.342 e. The van der Waals surface area contributed by atoms with E-state index in [0.717, 1.165) is 49.8 Å². The summed E-state index contributed by atoms with van der Waals surface area (Å²) < 4.78 is 2.07. The highest BCUT2D eigenvalue weighted by Crippen LogP contribution is 2.34. The van der Waals surface area contributed by atoms with Gasteiger partial charge in [0.2, 0.25) is 5.91 Å². The van der Waals surface area contributed by atoms with Crippen LogP contribution >= 0.6 is 23.4 Å². The van der Waals surface area contributed by atoms with E-state index < -0.39 is 17.1 Å². The first-order chi connectivity index (χ1) is 17.8. The van der Waals surface area contributed by atoms with Crippen LogP contribution in [0.1, 0.15) is 22.3 Å². The maximum Gasteiger partial charge on any atom is 0.294 e. The molecule has 0 unspecified atom stereocenters. The van der Waals surface area contributed by atoms with Crippen molar-refractivity contribution >= 4 is 63.1 Å². The van der Waals surface area contributed by atoms with Gasteiger partial charge in [-0.25, -0.2) is 0 Å². The average Bonchev–Trinajstić information content (AvgIpc) is 3.35. The van der Waals surface area contributed by atoms with Crippen LogP contribution in [0.15, 0.2) is 77.8 Å². The Balaban J connectivity index is 1.39. The zero-order valence-corrected chi connectivity index (χ0v) is 21.9. The van der Waals surface area contributed by atoms with E-state index in [1.54, 1.807) is 6.08 Å². The Morgan fingerprint density at radius 3 is 2.43 bits per heavy atom. The number of rotatable bonds is 6. The van der Waals surface area contributed by atoms with E-state index in [9.17, 15) is 14.4 Å². The topological polar surface area (TPSA) is 71.4 Å². The van der Waals surface area contributed by atoms with Gasteiger partial charge in [-0.05, 0) is 60.5 Å². The van der Waals surface area contributed by atoms with Crippen molar-refractivity contribution in [1.29, 1.82) is 0 Å². The zero-order chi connectivity index (χ0) is 26.1. The lowest BCUT2D eigenvalue weighted by atomic mass is 10.1. The fourth-order valence-electron chi connectivity index (χ4n) is 4.44. The predicted octanol–water partition coefficient (Wildman–Crippen LogP) is 6.63. The summed E-state index contributed by atoms with van der Waals surface area (Å²) in [7, 11) is 0. The number of carbonyl (C=O) groups excluding carboxylic acids is 3. The number of para-hydroxylation sites is 2. The zero-order valence-electron chi connectivity index (χ0n) is 20.3. The maximum atomic E-state index is 13.1. The Kier molecular flexibility index (Phi) is 6.91. The molecule has 37 heavy (non-hydrogen) atoms. The second-order valence-corrected chi connectivity index (χ2v) is 10.3. The molecule has 1 saturated heterocycles. The molecule has 3 aromatic carbocycles. The maximum absolute atomic E-state index is 13.1. The molecule has 4 aromatic rings. The van der Waals surface area contributed by atoms with Crippen molar-refractivity contribution in [3.05, 3.63) is 105 Å². The molecule has 1 N–H and O–H groups in total. The molecule has 0 spiro atoms. The fourth-order valence-corrected chi connectivity index (χ4v) is 5.47. The molecule has 186 valence electrons. The number of aryl methyl sites for hydroxylation is 2. The smallest absolute Gasteiger partial charge is 0.294 e. The van der Waals surface area contributed by atoms with Gasteiger partial charge in [0, 0.05) is 39.9 Å². The van der Waals surface area contributed by atoms with Crippen LogP contribution in [0.25, 0.3) is 17.0 Å². The molecule has 0 saturated carbocycles. The van der Waals surface area contributed by atoms with E-state index in [4.69, 9.17) is 11.6 Å². The van der Waals surface area contributed by atoms with E-state index >= 15 is 0 Å². The van der Waals surface area contributed by atoms with Crippen LogP contribution in [-0.4, -0.2) is 33.1 Å². The van der Waals surface area contributed by atoms with Crippen molar-refractivity contribution in [3.63, 3.8) is 0 Å². The third kappa shape index (κ3) is 5.05. The van der Waals surface area contributed by atoms with Gasteiger partial charge in [-0.15, -0.1) is 0 Å². The van der Waals surface area contributed by atoms with Crippen LogP contribution < -0.4 is 5.32 Å². The summed E-state index contributed by atoms with van der Waals surface area (Å²) in [6, 6.07) is 21.3. The Bertz CT molecular complexity index is 1570. The first-order valence-electron chi connectivity index (χ1n) is 11.7. The van der Waals surface area contributed by atoms with Gasteiger partial charge in [0.05, 0.1) is 4.91 Å². The van der Waals surface area contributed by atoms with Gasteiger partial charge >= 0.3 is 0 Å². The van der Waals surface area contributed by atoms with E-state index in [-0.39, 0.29) is 11.4 Å². The number of nitrogens with zero attached hydrogens (tertiary/aromatic N) is 2. The third-order valence-electron chi connectivity index (χ3n) is 6.33. The molecule has 0 atom stereocenters. The van der Waals surface area contributed by atoms with Crippen molar-refractivity contribution in [2.75, 3.05) is 11.9 Å². The Hall–Kier alpha value is -3.81. The lowest BCUT2D eigenvalue weighted by Crippen LogP contribution is -2.36. The second kappa shape index (κ2) is 10.3. The van der Waals surface area contributed by atoms with Crippen LogP contribution in [-0.2, 0) is 16.1 Å². The Morgan fingerprint density at radius 1 is 0.973 bits per heavy atom. The standard InChI is InChI=1S/C29H24ClN3O3S/c1-18-8-7-9-19(2)27(18)31-26(34)17-33-28(35)25(37-29(33)36)14-21-16-32(24-13-6-4-11-22(21)24)15-20-10-3-5-12-23(20)30/h3-14,16H,15,17H2,1-2H3,(H,31,34)/b25-14+. The van der Waals surface area contributed by atoms with Crippen LogP contribution in [0, 0.1) is 13.8 Å². The predicted molar refractivity (Wildman–Crippen MR) is 150 cm³/mol. The monoisotopic (exact) mass is 529 g/mol. The number of nitrogens with one attached hydrogen (secondary N) is 1. The van der Waals surface area contributed by atoms with Gasteiger partial charge in [0.1, 0.15) is 6.54 Å². The summed E-state index contributed by atoms with van der Waals surface area (Å²) in [5.41, 5.74) is 5.30. The normalized spacial score (nSPS) is 14.7. The molecule has 2 heterocycles. The lowest BCUT2D eigenvalue weighted by molar-refractivity contribution is -0.127. The van der Waals surface area contributed by atoms with Gasteiger partial charge in [-0.3, -0.25) is 19.3 Å². The molecule has 0 aliphatic carbocycles. The minimum Gasteiger partial charge on any atom is -0.342 e. The van der Waals surface area contributed by atoms with E-state index in [1.165, 1.54) is 0 Å². The van der Waals surface area contributed by atoms with Crippen LogP contribution in [0.3, 0.4) is 0 Å². The quantitative estimate of drug-likeness (QED) is 0.284. The number of halogens is 1. The summed E-state index contributed by atoms with van der Waals surface area (Å²) in [5, 5.41) is 4.01. The summed E-state index contributed by atoms with van der Waals surface area (Å²) in [4.78, 5) is 39.8.